The molecule has 1 nitrogen and oxygen atoms in total. The fourth-order valence-corrected chi connectivity index (χ4v) is 1.46. The second-order valence-corrected chi connectivity index (χ2v) is 5.01. The third-order valence-corrected chi connectivity index (χ3v) is 2.58. The predicted molar refractivity (Wildman–Crippen MR) is 65.6 cm³/mol. The van der Waals surface area contributed by atoms with E-state index in [0.29, 0.717) is 0 Å². The van der Waals surface area contributed by atoms with E-state index in [2.05, 4.69) is 69.8 Å². The summed E-state index contributed by atoms with van der Waals surface area (Å²) in [4.78, 5) is 0. The van der Waals surface area contributed by atoms with Crippen molar-refractivity contribution in [1.29, 1.82) is 0 Å². The van der Waals surface area contributed by atoms with Gasteiger partial charge in [0.2, 0.25) is 5.69 Å². The molecule has 0 aliphatic rings. The van der Waals surface area contributed by atoms with Crippen LogP contribution in [0, 0.1) is 0 Å². The predicted octanol–water partition coefficient (Wildman–Crippen LogP) is 3.23. The standard InChI is InChI=1S/C14H22N/c1-6-7-8-13-11-12(14(2,3)4)9-10-15(13)5/h7-11H,6H2,1-5H3/q+1/b8-7+. The van der Waals surface area contributed by atoms with E-state index in [4.69, 9.17) is 0 Å². The van der Waals surface area contributed by atoms with Gasteiger partial charge in [-0.25, -0.2) is 4.57 Å². The minimum atomic E-state index is 0.225. The summed E-state index contributed by atoms with van der Waals surface area (Å²) in [5, 5.41) is 0. The van der Waals surface area contributed by atoms with Gasteiger partial charge in [0.25, 0.3) is 0 Å². The SMILES string of the molecule is CC/C=C/c1cc(C(C)(C)C)cc[n+]1C. The van der Waals surface area contributed by atoms with Crippen LogP contribution in [0.5, 0.6) is 0 Å². The van der Waals surface area contributed by atoms with Crippen LogP contribution in [0.2, 0.25) is 0 Å². The summed E-state index contributed by atoms with van der Waals surface area (Å²) in [7, 11) is 2.09. The van der Waals surface area contributed by atoms with Gasteiger partial charge >= 0.3 is 0 Å². The number of rotatable bonds is 2. The van der Waals surface area contributed by atoms with Crippen molar-refractivity contribution in [2.75, 3.05) is 0 Å². The van der Waals surface area contributed by atoms with Gasteiger partial charge in [-0.2, -0.15) is 0 Å². The van der Waals surface area contributed by atoms with Gasteiger partial charge in [-0.05, 0) is 17.4 Å². The Balaban J connectivity index is 3.11. The lowest BCUT2D eigenvalue weighted by molar-refractivity contribution is -0.673. The summed E-state index contributed by atoms with van der Waals surface area (Å²) in [6.07, 6.45) is 7.60. The average Bonchev–Trinajstić information content (AvgIpc) is 2.15. The van der Waals surface area contributed by atoms with Gasteiger partial charge in [0.1, 0.15) is 7.05 Å². The highest BCUT2D eigenvalue weighted by Crippen LogP contribution is 2.21. The Hall–Kier alpha value is -1.11. The Morgan fingerprint density at radius 1 is 1.33 bits per heavy atom. The van der Waals surface area contributed by atoms with E-state index in [-0.39, 0.29) is 5.41 Å². The molecule has 0 amide bonds. The molecule has 15 heavy (non-hydrogen) atoms. The highest BCUT2D eigenvalue weighted by atomic mass is 14.9. The summed E-state index contributed by atoms with van der Waals surface area (Å²) >= 11 is 0. The molecule has 82 valence electrons. The molecule has 1 heterocycles. The second-order valence-electron chi connectivity index (χ2n) is 5.01. The average molecular weight is 204 g/mol. The van der Waals surface area contributed by atoms with Crippen molar-refractivity contribution in [3.05, 3.63) is 35.7 Å². The molecule has 0 N–H and O–H groups in total. The zero-order chi connectivity index (χ0) is 11.5. The van der Waals surface area contributed by atoms with Crippen molar-refractivity contribution in [1.82, 2.24) is 0 Å². The van der Waals surface area contributed by atoms with Crippen LogP contribution in [0.25, 0.3) is 6.08 Å². The first kappa shape index (κ1) is 12.0. The first-order valence-electron chi connectivity index (χ1n) is 5.62. The van der Waals surface area contributed by atoms with E-state index in [1.807, 2.05) is 0 Å². The first-order chi connectivity index (χ1) is 6.95. The monoisotopic (exact) mass is 204 g/mol. The van der Waals surface area contributed by atoms with E-state index in [1.54, 1.807) is 0 Å². The summed E-state index contributed by atoms with van der Waals surface area (Å²) in [6.45, 7) is 8.89. The molecule has 0 aliphatic carbocycles. The van der Waals surface area contributed by atoms with Gasteiger partial charge in [-0.1, -0.05) is 33.8 Å². The summed E-state index contributed by atoms with van der Waals surface area (Å²) in [5.74, 6) is 0. The minimum absolute atomic E-state index is 0.225. The molecule has 0 spiro atoms. The number of pyridine rings is 1. The van der Waals surface area contributed by atoms with E-state index in [0.717, 1.165) is 6.42 Å². The molecule has 0 aliphatic heterocycles. The van der Waals surface area contributed by atoms with Gasteiger partial charge in [0.15, 0.2) is 6.20 Å². The van der Waals surface area contributed by atoms with Crippen LogP contribution in [-0.2, 0) is 12.5 Å². The molecule has 0 aromatic carbocycles. The van der Waals surface area contributed by atoms with Gasteiger partial charge in [-0.3, -0.25) is 0 Å². The third-order valence-electron chi connectivity index (χ3n) is 2.58. The van der Waals surface area contributed by atoms with Crippen LogP contribution < -0.4 is 4.57 Å². The zero-order valence-corrected chi connectivity index (χ0v) is 10.5. The molecule has 1 aromatic heterocycles. The van der Waals surface area contributed by atoms with E-state index >= 15 is 0 Å². The molecular formula is C14H22N+. The van der Waals surface area contributed by atoms with Crippen molar-refractivity contribution >= 4 is 6.08 Å². The number of aryl methyl sites for hydroxylation is 1. The highest BCUT2D eigenvalue weighted by molar-refractivity contribution is 5.43. The number of hydrogen-bond acceptors (Lipinski definition) is 0. The molecule has 0 unspecified atom stereocenters. The Morgan fingerprint density at radius 2 is 2.00 bits per heavy atom. The van der Waals surface area contributed by atoms with Gasteiger partial charge < -0.3 is 0 Å². The molecule has 0 bridgehead atoms. The topological polar surface area (TPSA) is 3.88 Å². The summed E-state index contributed by atoms with van der Waals surface area (Å²) in [5.41, 5.74) is 2.88. The quantitative estimate of drug-likeness (QED) is 0.651. The molecular weight excluding hydrogens is 182 g/mol. The summed E-state index contributed by atoms with van der Waals surface area (Å²) in [6, 6.07) is 4.47. The molecule has 0 saturated heterocycles. The molecule has 1 heteroatoms. The number of hydrogen-bond donors (Lipinski definition) is 0. The second kappa shape index (κ2) is 4.61. The normalized spacial score (nSPS) is 12.3. The fraction of sp³-hybridized carbons (Fsp3) is 0.500. The van der Waals surface area contributed by atoms with Crippen LogP contribution in [0.4, 0.5) is 0 Å². The van der Waals surface area contributed by atoms with Crippen molar-refractivity contribution < 1.29 is 4.57 Å². The van der Waals surface area contributed by atoms with Crippen LogP contribution in [0.15, 0.2) is 24.4 Å². The molecule has 0 radical (unpaired) electrons. The number of allylic oxidation sites excluding steroid dienone is 1. The molecule has 1 aromatic rings. The minimum Gasteiger partial charge on any atom is -0.202 e. The van der Waals surface area contributed by atoms with Gasteiger partial charge in [0.05, 0.1) is 0 Å². The van der Waals surface area contributed by atoms with E-state index in [9.17, 15) is 0 Å². The largest absolute Gasteiger partial charge is 0.204 e. The van der Waals surface area contributed by atoms with E-state index < -0.39 is 0 Å². The molecule has 0 saturated carbocycles. The maximum absolute atomic E-state index is 2.27. The fourth-order valence-electron chi connectivity index (χ4n) is 1.46. The van der Waals surface area contributed by atoms with Crippen molar-refractivity contribution in [2.45, 2.75) is 39.5 Å². The molecule has 1 rings (SSSR count). The highest BCUT2D eigenvalue weighted by Gasteiger charge is 2.16. The van der Waals surface area contributed by atoms with Crippen LogP contribution >= 0.6 is 0 Å². The Morgan fingerprint density at radius 3 is 2.53 bits per heavy atom. The lowest BCUT2D eigenvalue weighted by Gasteiger charge is -2.18. The van der Waals surface area contributed by atoms with Gasteiger partial charge in [-0.15, -0.1) is 0 Å². The smallest absolute Gasteiger partial charge is 0.202 e. The van der Waals surface area contributed by atoms with Crippen molar-refractivity contribution in [3.63, 3.8) is 0 Å². The van der Waals surface area contributed by atoms with Gasteiger partial charge in [0, 0.05) is 18.2 Å². The lowest BCUT2D eigenvalue weighted by atomic mass is 9.87. The maximum atomic E-state index is 2.27. The Bertz CT molecular complexity index is 356. The van der Waals surface area contributed by atoms with E-state index in [1.165, 1.54) is 11.3 Å². The Kier molecular flexibility index (Phi) is 3.67. The number of aromatic nitrogens is 1. The molecule has 0 atom stereocenters. The third kappa shape index (κ3) is 3.19. The Labute approximate surface area is 93.5 Å². The van der Waals surface area contributed by atoms with Crippen molar-refractivity contribution in [2.24, 2.45) is 7.05 Å². The number of nitrogens with zero attached hydrogens (tertiary/aromatic N) is 1. The maximum Gasteiger partial charge on any atom is 0.204 e. The molecule has 0 fully saturated rings. The van der Waals surface area contributed by atoms with Crippen LogP contribution in [0.1, 0.15) is 45.4 Å². The summed E-state index contributed by atoms with van der Waals surface area (Å²) < 4.78 is 2.15. The van der Waals surface area contributed by atoms with Crippen LogP contribution in [-0.4, -0.2) is 0 Å². The van der Waals surface area contributed by atoms with Crippen LogP contribution in [0.3, 0.4) is 0 Å². The zero-order valence-electron chi connectivity index (χ0n) is 10.5. The van der Waals surface area contributed by atoms with Crippen molar-refractivity contribution in [3.8, 4) is 0 Å². The first-order valence-corrected chi connectivity index (χ1v) is 5.62. The lowest BCUT2D eigenvalue weighted by Crippen LogP contribution is -2.32.